The predicted octanol–water partition coefficient (Wildman–Crippen LogP) is 12.2. The molecule has 4 heterocycles. The third kappa shape index (κ3) is 14.6. The standard InChI is InChI=1S/C35H39N5O3.C35H39N5O2/c1-42-28-14-15-32(43-2)25(20-28)22-33(41)38-27-12-10-24(11-13-27)31-21-26-23-37-35(36-16-7-19-40-17-5-6-18-40)39-34(26)30-9-4-3-8-29(30)31;1-42-32-12-5-2-9-26(32)15-18-33(41)38-28-16-13-25(14-17-28)31-23-27-24-37-35(36-19-8-22-40-20-6-7-21-40)39-34(27)30-11-4-3-10-29(30)31/h3-4,8-15,20,23,31H,5-7,16-19,21-22H2,1-2H3,(H,38,41)(H,36,37,39);2-5,9-14,16-17,24,31H,6-8,15,18-23H2,1H3,(H,38,41)(H,36,37,39). The number of para-hydroxylation sites is 1. The van der Waals surface area contributed by atoms with E-state index in [0.717, 1.165) is 108 Å². The molecule has 2 fully saturated rings. The number of nitrogens with zero attached hydrogens (tertiary/aromatic N) is 6. The molecule has 2 aromatic heterocycles. The van der Waals surface area contributed by atoms with E-state index in [0.29, 0.717) is 36.2 Å². The maximum atomic E-state index is 12.9. The molecule has 2 amide bonds. The number of aryl methyl sites for hydroxylation is 1. The first-order valence-electron chi connectivity index (χ1n) is 30.2. The number of hydrogen-bond donors (Lipinski definition) is 4. The van der Waals surface area contributed by atoms with E-state index in [-0.39, 0.29) is 30.1 Å². The quantitative estimate of drug-likeness (QED) is 0.0474. The first-order chi connectivity index (χ1) is 41.8. The second-order valence-electron chi connectivity index (χ2n) is 22.5. The lowest BCUT2D eigenvalue weighted by atomic mass is 9.78. The van der Waals surface area contributed by atoms with Crippen molar-refractivity contribution in [1.29, 1.82) is 0 Å². The highest BCUT2D eigenvalue weighted by atomic mass is 16.5. The van der Waals surface area contributed by atoms with Crippen LogP contribution in [-0.2, 0) is 35.3 Å². The van der Waals surface area contributed by atoms with Gasteiger partial charge < -0.3 is 45.3 Å². The highest BCUT2D eigenvalue weighted by Crippen LogP contribution is 2.44. The summed E-state index contributed by atoms with van der Waals surface area (Å²) in [5, 5.41) is 13.0. The fraction of sp³-hybridized carbons (Fsp3) is 0.343. The van der Waals surface area contributed by atoms with Gasteiger partial charge in [0.25, 0.3) is 0 Å². The second-order valence-corrected chi connectivity index (χ2v) is 22.5. The van der Waals surface area contributed by atoms with Crippen LogP contribution >= 0.6 is 0 Å². The van der Waals surface area contributed by atoms with Gasteiger partial charge in [-0.25, -0.2) is 19.9 Å². The highest BCUT2D eigenvalue weighted by Gasteiger charge is 2.29. The van der Waals surface area contributed by atoms with Crippen molar-refractivity contribution < 1.29 is 23.8 Å². The zero-order valence-corrected chi connectivity index (χ0v) is 49.2. The molecule has 0 saturated carbocycles. The number of likely N-dealkylation sites (tertiary alicyclic amines) is 2. The van der Waals surface area contributed by atoms with Gasteiger partial charge >= 0.3 is 0 Å². The summed E-state index contributed by atoms with van der Waals surface area (Å²) in [6.07, 6.45) is 14.3. The van der Waals surface area contributed by atoms with Crippen LogP contribution < -0.4 is 35.5 Å². The minimum absolute atomic E-state index is 0.0109. The van der Waals surface area contributed by atoms with Crippen LogP contribution in [0, 0.1) is 0 Å². The summed E-state index contributed by atoms with van der Waals surface area (Å²) in [4.78, 5) is 49.9. The molecule has 2 aliphatic heterocycles. The summed E-state index contributed by atoms with van der Waals surface area (Å²) in [7, 11) is 4.86. The largest absolute Gasteiger partial charge is 0.497 e. The fourth-order valence-electron chi connectivity index (χ4n) is 12.4. The van der Waals surface area contributed by atoms with E-state index >= 15 is 0 Å². The SMILES string of the molecule is COc1ccc(OC)c(CC(=O)Nc2ccc(C3Cc4cnc(NCCCN5CCCC5)nc4-c4ccccc43)cc2)c1.COc1ccccc1CCC(=O)Nc1ccc(C2Cc3cnc(NCCCN4CCCC4)nc3-c3ccccc32)cc1. The summed E-state index contributed by atoms with van der Waals surface area (Å²) >= 11 is 0. The van der Waals surface area contributed by atoms with Gasteiger partial charge in [0.15, 0.2) is 0 Å². The highest BCUT2D eigenvalue weighted by molar-refractivity contribution is 5.93. The minimum atomic E-state index is -0.117. The number of hydrogen-bond acceptors (Lipinski definition) is 13. The number of aromatic nitrogens is 4. The van der Waals surface area contributed by atoms with Gasteiger partial charge in [-0.2, -0.15) is 0 Å². The molecule has 2 aliphatic carbocycles. The summed E-state index contributed by atoms with van der Waals surface area (Å²) in [5.74, 6) is 3.81. The smallest absolute Gasteiger partial charge is 0.228 e. The Bertz CT molecular complexity index is 3550. The molecular weight excluding hydrogens is 1060 g/mol. The van der Waals surface area contributed by atoms with Crippen molar-refractivity contribution in [2.24, 2.45) is 0 Å². The lowest BCUT2D eigenvalue weighted by molar-refractivity contribution is -0.116. The monoisotopic (exact) mass is 1140 g/mol. The molecule has 438 valence electrons. The number of rotatable bonds is 22. The molecule has 2 atom stereocenters. The van der Waals surface area contributed by atoms with E-state index in [1.165, 1.54) is 79.7 Å². The molecule has 2 saturated heterocycles. The summed E-state index contributed by atoms with van der Waals surface area (Å²) in [6.45, 7) is 8.92. The number of ether oxygens (including phenoxy) is 3. The van der Waals surface area contributed by atoms with E-state index in [1.54, 1.807) is 21.3 Å². The Morgan fingerprint density at radius 1 is 0.529 bits per heavy atom. The molecule has 85 heavy (non-hydrogen) atoms. The van der Waals surface area contributed by atoms with Crippen LogP contribution in [-0.4, -0.2) is 115 Å². The van der Waals surface area contributed by atoms with Crippen LogP contribution in [0.4, 0.5) is 23.3 Å². The van der Waals surface area contributed by atoms with Crippen LogP contribution in [0.5, 0.6) is 17.2 Å². The number of amides is 2. The number of fused-ring (bicyclic) bond motifs is 6. The molecule has 0 spiro atoms. The Morgan fingerprint density at radius 2 is 1.01 bits per heavy atom. The van der Waals surface area contributed by atoms with Crippen LogP contribution in [0.2, 0.25) is 0 Å². The number of carbonyl (C=O) groups is 2. The first-order valence-corrected chi connectivity index (χ1v) is 30.2. The molecule has 0 radical (unpaired) electrons. The Balaban J connectivity index is 0.000000177. The lowest BCUT2D eigenvalue weighted by Gasteiger charge is -2.27. The van der Waals surface area contributed by atoms with Crippen molar-refractivity contribution in [2.75, 3.05) is 95.0 Å². The number of carbonyl (C=O) groups excluding carboxylic acids is 2. The van der Waals surface area contributed by atoms with Crippen molar-refractivity contribution in [3.8, 4) is 39.8 Å². The number of anilines is 4. The second kappa shape index (κ2) is 28.3. The number of methoxy groups -OCH3 is 3. The van der Waals surface area contributed by atoms with Crippen LogP contribution in [0.3, 0.4) is 0 Å². The van der Waals surface area contributed by atoms with Gasteiger partial charge in [0, 0.05) is 71.8 Å². The number of nitrogens with one attached hydrogen (secondary N) is 4. The van der Waals surface area contributed by atoms with Crippen molar-refractivity contribution >= 4 is 35.1 Å². The molecule has 0 bridgehead atoms. The normalized spacial score (nSPS) is 15.9. The third-order valence-electron chi connectivity index (χ3n) is 16.9. The molecule has 15 nitrogen and oxygen atoms in total. The summed E-state index contributed by atoms with van der Waals surface area (Å²) in [5.41, 5.74) is 15.0. The Labute approximate surface area is 500 Å². The van der Waals surface area contributed by atoms with Crippen molar-refractivity contribution in [3.63, 3.8) is 0 Å². The van der Waals surface area contributed by atoms with E-state index in [9.17, 15) is 9.59 Å². The molecule has 8 aromatic rings. The van der Waals surface area contributed by atoms with E-state index in [4.69, 9.17) is 24.2 Å². The zero-order chi connectivity index (χ0) is 58.3. The van der Waals surface area contributed by atoms with Gasteiger partial charge in [0.05, 0.1) is 39.1 Å². The van der Waals surface area contributed by atoms with E-state index in [2.05, 4.69) is 114 Å². The van der Waals surface area contributed by atoms with Gasteiger partial charge in [-0.3, -0.25) is 9.59 Å². The van der Waals surface area contributed by atoms with Crippen molar-refractivity contribution in [2.45, 2.75) is 82.5 Å². The predicted molar refractivity (Wildman–Crippen MR) is 338 cm³/mol. The van der Waals surface area contributed by atoms with Gasteiger partial charge in [-0.05, 0) is 185 Å². The fourth-order valence-corrected chi connectivity index (χ4v) is 12.4. The van der Waals surface area contributed by atoms with Gasteiger partial charge in [-0.15, -0.1) is 0 Å². The van der Waals surface area contributed by atoms with Crippen molar-refractivity contribution in [1.82, 2.24) is 29.7 Å². The minimum Gasteiger partial charge on any atom is -0.497 e. The molecule has 12 rings (SSSR count). The van der Waals surface area contributed by atoms with Crippen LogP contribution in [0.1, 0.15) is 101 Å². The van der Waals surface area contributed by atoms with Crippen molar-refractivity contribution in [3.05, 3.63) is 196 Å². The number of benzene rings is 6. The van der Waals surface area contributed by atoms with Crippen LogP contribution in [0.15, 0.2) is 152 Å². The Hall–Kier alpha value is -8.66. The average molecular weight is 1140 g/mol. The maximum Gasteiger partial charge on any atom is 0.228 e. The molecule has 6 aromatic carbocycles. The molecule has 2 unspecified atom stereocenters. The van der Waals surface area contributed by atoms with E-state index < -0.39 is 0 Å². The van der Waals surface area contributed by atoms with Gasteiger partial charge in [0.2, 0.25) is 23.7 Å². The molecule has 4 aliphatic rings. The van der Waals surface area contributed by atoms with Crippen LogP contribution in [0.25, 0.3) is 22.5 Å². The van der Waals surface area contributed by atoms with Gasteiger partial charge in [-0.1, -0.05) is 91.0 Å². The lowest BCUT2D eigenvalue weighted by Crippen LogP contribution is -2.22. The Morgan fingerprint density at radius 3 is 1.53 bits per heavy atom. The average Bonchev–Trinajstić information content (AvgIpc) is 2.58. The molecular formula is C70H78N10O5. The zero-order valence-electron chi connectivity index (χ0n) is 49.2. The third-order valence-corrected chi connectivity index (χ3v) is 16.9. The maximum absolute atomic E-state index is 12.9. The molecule has 15 heteroatoms. The molecule has 4 N–H and O–H groups in total. The first kappa shape index (κ1) is 58.1. The Kier molecular flexibility index (Phi) is 19.3. The van der Waals surface area contributed by atoms with E-state index in [1.807, 2.05) is 79.1 Å². The van der Waals surface area contributed by atoms with Gasteiger partial charge in [0.1, 0.15) is 17.2 Å². The topological polar surface area (TPSA) is 168 Å². The summed E-state index contributed by atoms with van der Waals surface area (Å²) in [6, 6.07) is 46.8. The summed E-state index contributed by atoms with van der Waals surface area (Å²) < 4.78 is 16.2.